The first kappa shape index (κ1) is 8.18. The second kappa shape index (κ2) is 2.99. The van der Waals surface area contributed by atoms with E-state index < -0.39 is 10.8 Å². The van der Waals surface area contributed by atoms with Crippen LogP contribution in [0.25, 0.3) is 0 Å². The molecule has 0 atom stereocenters. The van der Waals surface area contributed by atoms with Gasteiger partial charge in [0.2, 0.25) is 12.2 Å². The highest BCUT2D eigenvalue weighted by Crippen LogP contribution is 2.04. The molecule has 12 heavy (non-hydrogen) atoms. The molecule has 7 nitrogen and oxygen atoms in total. The number of primary amides is 1. The Hall–Kier alpha value is -1.92. The number of imidazole rings is 1. The number of hydrogen-bond acceptors (Lipinski definition) is 4. The van der Waals surface area contributed by atoms with Crippen LogP contribution in [0.5, 0.6) is 0 Å². The lowest BCUT2D eigenvalue weighted by Gasteiger charge is -1.91. The van der Waals surface area contributed by atoms with Crippen LogP contribution in [0.4, 0.5) is 5.82 Å². The lowest BCUT2D eigenvalue weighted by Crippen LogP contribution is -2.17. The van der Waals surface area contributed by atoms with Crippen LogP contribution in [0.3, 0.4) is 0 Å². The molecule has 0 aliphatic carbocycles. The van der Waals surface area contributed by atoms with Crippen molar-refractivity contribution in [3.63, 3.8) is 0 Å². The summed E-state index contributed by atoms with van der Waals surface area (Å²) in [5.41, 5.74) is 4.85. The number of amides is 1. The van der Waals surface area contributed by atoms with E-state index in [0.29, 0.717) is 0 Å². The van der Waals surface area contributed by atoms with E-state index >= 15 is 0 Å². The van der Waals surface area contributed by atoms with Gasteiger partial charge in [0.25, 0.3) is 0 Å². The standard InChI is InChI=1S/C5H6N4O3/c6-4(10)1-8-2-5(7-3-8)9(11)12/h2-3H,1H2,(H2,6,10). The molecule has 0 saturated carbocycles. The van der Waals surface area contributed by atoms with E-state index in [0.717, 1.165) is 6.20 Å². The van der Waals surface area contributed by atoms with Crippen LogP contribution in [0, 0.1) is 10.1 Å². The summed E-state index contributed by atoms with van der Waals surface area (Å²) in [7, 11) is 0. The average Bonchev–Trinajstić information content (AvgIpc) is 2.34. The SMILES string of the molecule is NC(=O)Cn1cnc([N+](=O)[O-])c1. The number of carbonyl (C=O) groups is 1. The molecular formula is C5H6N4O3. The van der Waals surface area contributed by atoms with Crippen LogP contribution in [0.2, 0.25) is 0 Å². The zero-order chi connectivity index (χ0) is 9.14. The molecular weight excluding hydrogens is 164 g/mol. The number of nitrogens with zero attached hydrogens (tertiary/aromatic N) is 3. The average molecular weight is 170 g/mol. The summed E-state index contributed by atoms with van der Waals surface area (Å²) >= 11 is 0. The predicted molar refractivity (Wildman–Crippen MR) is 38.1 cm³/mol. The second-order valence-corrected chi connectivity index (χ2v) is 2.13. The van der Waals surface area contributed by atoms with Crippen molar-refractivity contribution < 1.29 is 9.72 Å². The monoisotopic (exact) mass is 170 g/mol. The number of nitrogens with two attached hydrogens (primary N) is 1. The van der Waals surface area contributed by atoms with Crippen molar-refractivity contribution in [3.05, 3.63) is 22.6 Å². The van der Waals surface area contributed by atoms with Crippen molar-refractivity contribution in [3.8, 4) is 0 Å². The van der Waals surface area contributed by atoms with Crippen LogP contribution in [0.1, 0.15) is 0 Å². The van der Waals surface area contributed by atoms with Crippen molar-refractivity contribution in [1.82, 2.24) is 9.55 Å². The van der Waals surface area contributed by atoms with Gasteiger partial charge in [0.15, 0.2) is 0 Å². The van der Waals surface area contributed by atoms with E-state index in [4.69, 9.17) is 5.73 Å². The Morgan fingerprint density at radius 2 is 2.50 bits per heavy atom. The van der Waals surface area contributed by atoms with Gasteiger partial charge in [-0.15, -0.1) is 0 Å². The quantitative estimate of drug-likeness (QED) is 0.477. The van der Waals surface area contributed by atoms with Crippen LogP contribution in [-0.4, -0.2) is 20.4 Å². The zero-order valence-corrected chi connectivity index (χ0v) is 6.01. The first-order chi connectivity index (χ1) is 5.59. The van der Waals surface area contributed by atoms with Gasteiger partial charge < -0.3 is 20.4 Å². The fourth-order valence-electron chi connectivity index (χ4n) is 0.709. The molecule has 1 heterocycles. The summed E-state index contributed by atoms with van der Waals surface area (Å²) in [6, 6.07) is 0. The first-order valence-electron chi connectivity index (χ1n) is 3.04. The summed E-state index contributed by atoms with van der Waals surface area (Å²) in [4.78, 5) is 23.2. The molecule has 1 aromatic rings. The molecule has 0 saturated heterocycles. The molecule has 1 amide bonds. The van der Waals surface area contributed by atoms with Gasteiger partial charge in [0, 0.05) is 0 Å². The van der Waals surface area contributed by atoms with E-state index in [9.17, 15) is 14.9 Å². The molecule has 0 unspecified atom stereocenters. The molecule has 0 aliphatic rings. The van der Waals surface area contributed by atoms with Crippen molar-refractivity contribution in [2.24, 2.45) is 5.73 Å². The normalized spacial score (nSPS) is 9.67. The second-order valence-electron chi connectivity index (χ2n) is 2.13. The molecule has 0 bridgehead atoms. The van der Waals surface area contributed by atoms with Gasteiger partial charge >= 0.3 is 5.82 Å². The molecule has 0 aliphatic heterocycles. The number of hydrogen-bond donors (Lipinski definition) is 1. The Bertz CT molecular complexity index is 318. The highest BCUT2D eigenvalue weighted by Gasteiger charge is 2.09. The van der Waals surface area contributed by atoms with Gasteiger partial charge in [-0.1, -0.05) is 0 Å². The van der Waals surface area contributed by atoms with E-state index in [2.05, 4.69) is 4.98 Å². The van der Waals surface area contributed by atoms with Crippen molar-refractivity contribution in [2.75, 3.05) is 0 Å². The highest BCUT2D eigenvalue weighted by molar-refractivity contribution is 5.73. The molecule has 0 spiro atoms. The minimum absolute atomic E-state index is 0.0964. The molecule has 7 heteroatoms. The summed E-state index contributed by atoms with van der Waals surface area (Å²) in [5, 5.41) is 10.1. The Kier molecular flexibility index (Phi) is 2.04. The summed E-state index contributed by atoms with van der Waals surface area (Å²) in [6.45, 7) is -0.0964. The van der Waals surface area contributed by atoms with Crippen LogP contribution >= 0.6 is 0 Å². The number of aromatic nitrogens is 2. The Labute approximate surface area is 67.0 Å². The lowest BCUT2D eigenvalue weighted by atomic mass is 10.6. The summed E-state index contributed by atoms with van der Waals surface area (Å²) in [6.07, 6.45) is 2.33. The summed E-state index contributed by atoms with van der Waals surface area (Å²) in [5.74, 6) is -0.862. The fraction of sp³-hybridized carbons (Fsp3) is 0.200. The van der Waals surface area contributed by atoms with Crippen LogP contribution < -0.4 is 5.73 Å². The predicted octanol–water partition coefficient (Wildman–Crippen LogP) is -0.723. The van der Waals surface area contributed by atoms with Crippen molar-refractivity contribution in [1.29, 1.82) is 0 Å². The highest BCUT2D eigenvalue weighted by atomic mass is 16.6. The van der Waals surface area contributed by atoms with Crippen molar-refractivity contribution in [2.45, 2.75) is 6.54 Å². The topological polar surface area (TPSA) is 104 Å². The largest absolute Gasteiger partial charge is 0.381 e. The van der Waals surface area contributed by atoms with Gasteiger partial charge in [-0.3, -0.25) is 4.79 Å². The van der Waals surface area contributed by atoms with E-state index in [1.807, 2.05) is 0 Å². The van der Waals surface area contributed by atoms with E-state index in [1.54, 1.807) is 0 Å². The minimum atomic E-state index is -0.641. The van der Waals surface area contributed by atoms with Gasteiger partial charge in [-0.25, -0.2) is 0 Å². The molecule has 1 aromatic heterocycles. The van der Waals surface area contributed by atoms with E-state index in [1.165, 1.54) is 10.9 Å². The number of carbonyl (C=O) groups excluding carboxylic acids is 1. The third kappa shape index (κ3) is 1.78. The molecule has 1 rings (SSSR count). The number of rotatable bonds is 3. The molecule has 0 fully saturated rings. The first-order valence-corrected chi connectivity index (χ1v) is 3.04. The van der Waals surface area contributed by atoms with Crippen LogP contribution in [0.15, 0.2) is 12.5 Å². The molecule has 0 radical (unpaired) electrons. The third-order valence-electron chi connectivity index (χ3n) is 1.15. The smallest absolute Gasteiger partial charge is 0.368 e. The molecule has 2 N–H and O–H groups in total. The Morgan fingerprint density at radius 1 is 1.83 bits per heavy atom. The minimum Gasteiger partial charge on any atom is -0.368 e. The molecule has 0 aromatic carbocycles. The van der Waals surface area contributed by atoms with Gasteiger partial charge in [0.1, 0.15) is 12.7 Å². The van der Waals surface area contributed by atoms with Gasteiger partial charge in [0.05, 0.1) is 0 Å². The number of nitro groups is 1. The van der Waals surface area contributed by atoms with Gasteiger partial charge in [-0.2, -0.15) is 0 Å². The molecule has 64 valence electrons. The lowest BCUT2D eigenvalue weighted by molar-refractivity contribution is -0.389. The van der Waals surface area contributed by atoms with Crippen molar-refractivity contribution >= 4 is 11.7 Å². The fourth-order valence-corrected chi connectivity index (χ4v) is 0.709. The maximum Gasteiger partial charge on any atom is 0.381 e. The van der Waals surface area contributed by atoms with Gasteiger partial charge in [-0.05, 0) is 9.91 Å². The zero-order valence-electron chi connectivity index (χ0n) is 6.01. The summed E-state index contributed by atoms with van der Waals surface area (Å²) < 4.78 is 1.25. The van der Waals surface area contributed by atoms with E-state index in [-0.39, 0.29) is 12.4 Å². The third-order valence-corrected chi connectivity index (χ3v) is 1.15. The Morgan fingerprint density at radius 3 is 2.92 bits per heavy atom. The Balaban J connectivity index is 2.77. The maximum absolute atomic E-state index is 10.4. The van der Waals surface area contributed by atoms with Crippen LogP contribution in [-0.2, 0) is 11.3 Å². The maximum atomic E-state index is 10.4.